The highest BCUT2D eigenvalue weighted by Crippen LogP contribution is 2.22. The van der Waals surface area contributed by atoms with Crippen LogP contribution >= 0.6 is 0 Å². The molecule has 0 bridgehead atoms. The summed E-state index contributed by atoms with van der Waals surface area (Å²) < 4.78 is 1.46. The number of carboxylic acids is 1. The van der Waals surface area contributed by atoms with Crippen LogP contribution in [0.15, 0.2) is 12.3 Å². The van der Waals surface area contributed by atoms with Crippen LogP contribution in [0.2, 0.25) is 0 Å². The third-order valence-electron chi connectivity index (χ3n) is 3.08. The van der Waals surface area contributed by atoms with Crippen LogP contribution in [-0.4, -0.2) is 44.5 Å². The van der Waals surface area contributed by atoms with E-state index in [0.717, 1.165) is 11.0 Å². The van der Waals surface area contributed by atoms with E-state index >= 15 is 0 Å². The second-order valence-electron chi connectivity index (χ2n) is 4.77. The molecular weight excluding hydrogens is 266 g/mol. The standard InChI is InChI=1S/C12H17N3O5/c1-7(2)14-6-9(15(19)20)5-10(14)11(16)13(4)8(3)12(17)18/h5-8H,1-4H3,(H,17,18). The van der Waals surface area contributed by atoms with E-state index in [-0.39, 0.29) is 17.4 Å². The minimum Gasteiger partial charge on any atom is -0.480 e. The van der Waals surface area contributed by atoms with Gasteiger partial charge in [-0.05, 0) is 20.8 Å². The van der Waals surface area contributed by atoms with Crippen molar-refractivity contribution in [2.75, 3.05) is 7.05 Å². The molecule has 1 unspecified atom stereocenters. The number of rotatable bonds is 5. The molecule has 0 radical (unpaired) electrons. The second-order valence-corrected chi connectivity index (χ2v) is 4.77. The fourth-order valence-electron chi connectivity index (χ4n) is 1.69. The van der Waals surface area contributed by atoms with Gasteiger partial charge in [-0.2, -0.15) is 0 Å². The maximum absolute atomic E-state index is 12.3. The molecule has 110 valence electrons. The van der Waals surface area contributed by atoms with Gasteiger partial charge in [0.1, 0.15) is 11.7 Å². The maximum atomic E-state index is 12.3. The Labute approximate surface area is 115 Å². The number of carboxylic acid groups (broad SMARTS) is 1. The van der Waals surface area contributed by atoms with Crippen LogP contribution in [0.5, 0.6) is 0 Å². The zero-order chi connectivity index (χ0) is 15.6. The number of nitro groups is 1. The highest BCUT2D eigenvalue weighted by molar-refractivity contribution is 5.95. The minimum absolute atomic E-state index is 0.0994. The molecular formula is C12H17N3O5. The van der Waals surface area contributed by atoms with Gasteiger partial charge in [0.05, 0.1) is 11.1 Å². The van der Waals surface area contributed by atoms with Crippen LogP contribution < -0.4 is 0 Å². The van der Waals surface area contributed by atoms with Crippen molar-refractivity contribution in [2.24, 2.45) is 0 Å². The third kappa shape index (κ3) is 2.95. The van der Waals surface area contributed by atoms with Gasteiger partial charge in [-0.25, -0.2) is 4.79 Å². The largest absolute Gasteiger partial charge is 0.480 e. The van der Waals surface area contributed by atoms with E-state index in [0.29, 0.717) is 0 Å². The van der Waals surface area contributed by atoms with Crippen molar-refractivity contribution in [2.45, 2.75) is 32.9 Å². The van der Waals surface area contributed by atoms with E-state index in [1.165, 1.54) is 24.7 Å². The Balaban J connectivity index is 3.21. The smallest absolute Gasteiger partial charge is 0.326 e. The van der Waals surface area contributed by atoms with E-state index in [9.17, 15) is 19.7 Å². The number of aromatic nitrogens is 1. The van der Waals surface area contributed by atoms with E-state index in [1.807, 2.05) is 0 Å². The summed E-state index contributed by atoms with van der Waals surface area (Å²) in [5.41, 5.74) is -0.0965. The molecule has 1 atom stereocenters. The molecule has 0 aliphatic heterocycles. The van der Waals surface area contributed by atoms with Crippen LogP contribution in [0, 0.1) is 10.1 Å². The van der Waals surface area contributed by atoms with E-state index in [1.54, 1.807) is 13.8 Å². The Kier molecular flexibility index (Phi) is 4.49. The van der Waals surface area contributed by atoms with E-state index in [2.05, 4.69) is 0 Å². The Morgan fingerprint density at radius 2 is 1.95 bits per heavy atom. The van der Waals surface area contributed by atoms with Gasteiger partial charge >= 0.3 is 5.97 Å². The number of hydrogen-bond acceptors (Lipinski definition) is 4. The van der Waals surface area contributed by atoms with Gasteiger partial charge in [-0.15, -0.1) is 0 Å². The molecule has 8 nitrogen and oxygen atoms in total. The topological polar surface area (TPSA) is 106 Å². The lowest BCUT2D eigenvalue weighted by atomic mass is 10.2. The van der Waals surface area contributed by atoms with Gasteiger partial charge < -0.3 is 14.6 Å². The molecule has 0 spiro atoms. The molecule has 0 fully saturated rings. The molecule has 0 aliphatic rings. The summed E-state index contributed by atoms with van der Waals surface area (Å²) in [6.07, 6.45) is 1.27. The lowest BCUT2D eigenvalue weighted by molar-refractivity contribution is -0.384. The predicted molar refractivity (Wildman–Crippen MR) is 70.7 cm³/mol. The molecule has 0 saturated heterocycles. The summed E-state index contributed by atoms with van der Waals surface area (Å²) in [5, 5.41) is 19.7. The number of hydrogen-bond donors (Lipinski definition) is 1. The summed E-state index contributed by atoms with van der Waals surface area (Å²) in [6, 6.07) is -0.0128. The Hall–Kier alpha value is -2.38. The van der Waals surface area contributed by atoms with Crippen molar-refractivity contribution in [1.29, 1.82) is 0 Å². The number of carbonyl (C=O) groups excluding carboxylic acids is 1. The van der Waals surface area contributed by atoms with Gasteiger partial charge in [-0.1, -0.05) is 0 Å². The number of nitrogens with zero attached hydrogens (tertiary/aromatic N) is 3. The highest BCUT2D eigenvalue weighted by atomic mass is 16.6. The molecule has 1 aromatic heterocycles. The fourth-order valence-corrected chi connectivity index (χ4v) is 1.69. The van der Waals surface area contributed by atoms with Crippen molar-refractivity contribution >= 4 is 17.6 Å². The average Bonchev–Trinajstić information content (AvgIpc) is 2.81. The molecule has 20 heavy (non-hydrogen) atoms. The van der Waals surface area contributed by atoms with Crippen molar-refractivity contribution in [3.8, 4) is 0 Å². The van der Waals surface area contributed by atoms with Crippen LogP contribution in [0.25, 0.3) is 0 Å². The number of amides is 1. The predicted octanol–water partition coefficient (Wildman–Crippen LogP) is 1.52. The van der Waals surface area contributed by atoms with Crippen LogP contribution in [-0.2, 0) is 4.79 Å². The van der Waals surface area contributed by atoms with Crippen LogP contribution in [0.4, 0.5) is 5.69 Å². The van der Waals surface area contributed by atoms with Gasteiger partial charge in [0, 0.05) is 19.2 Å². The second kappa shape index (κ2) is 5.72. The van der Waals surface area contributed by atoms with Crippen molar-refractivity contribution in [1.82, 2.24) is 9.47 Å². The summed E-state index contributed by atoms with van der Waals surface area (Å²) >= 11 is 0. The molecule has 0 aromatic carbocycles. The zero-order valence-electron chi connectivity index (χ0n) is 11.7. The summed E-state index contributed by atoms with van der Waals surface area (Å²) in [6.45, 7) is 4.93. The molecule has 0 aliphatic carbocycles. The first-order valence-electron chi connectivity index (χ1n) is 6.03. The fraction of sp³-hybridized carbons (Fsp3) is 0.500. The molecule has 1 amide bonds. The van der Waals surface area contributed by atoms with Gasteiger partial charge in [0.2, 0.25) is 0 Å². The summed E-state index contributed by atoms with van der Waals surface area (Å²) in [5.74, 6) is -1.71. The molecule has 0 saturated carbocycles. The summed E-state index contributed by atoms with van der Waals surface area (Å²) in [7, 11) is 1.35. The van der Waals surface area contributed by atoms with Gasteiger partial charge in [-0.3, -0.25) is 14.9 Å². The highest BCUT2D eigenvalue weighted by Gasteiger charge is 2.27. The SMILES string of the molecule is CC(C(=O)O)N(C)C(=O)c1cc([N+](=O)[O-])cn1C(C)C. The molecule has 1 aromatic rings. The van der Waals surface area contributed by atoms with E-state index in [4.69, 9.17) is 5.11 Å². The first-order chi connectivity index (χ1) is 9.16. The average molecular weight is 283 g/mol. The summed E-state index contributed by atoms with van der Waals surface area (Å²) in [4.78, 5) is 34.4. The van der Waals surface area contributed by atoms with E-state index < -0.39 is 22.8 Å². The lowest BCUT2D eigenvalue weighted by Crippen LogP contribution is -2.41. The normalized spacial score (nSPS) is 12.2. The maximum Gasteiger partial charge on any atom is 0.326 e. The first kappa shape index (κ1) is 15.7. The van der Waals surface area contributed by atoms with Crippen molar-refractivity contribution in [3.05, 3.63) is 28.1 Å². The molecule has 1 rings (SSSR count). The van der Waals surface area contributed by atoms with Gasteiger partial charge in [0.25, 0.3) is 11.6 Å². The van der Waals surface area contributed by atoms with Gasteiger partial charge in [0.15, 0.2) is 0 Å². The van der Waals surface area contributed by atoms with Crippen molar-refractivity contribution in [3.63, 3.8) is 0 Å². The molecule has 1 N–H and O–H groups in total. The van der Waals surface area contributed by atoms with Crippen LogP contribution in [0.3, 0.4) is 0 Å². The quantitative estimate of drug-likeness (QED) is 0.651. The first-order valence-corrected chi connectivity index (χ1v) is 6.03. The molecule has 1 heterocycles. The lowest BCUT2D eigenvalue weighted by Gasteiger charge is -2.22. The number of aliphatic carboxylic acids is 1. The monoisotopic (exact) mass is 283 g/mol. The van der Waals surface area contributed by atoms with Crippen molar-refractivity contribution < 1.29 is 19.6 Å². The molecule has 8 heteroatoms. The zero-order valence-corrected chi connectivity index (χ0v) is 11.7. The third-order valence-corrected chi connectivity index (χ3v) is 3.08. The Bertz CT molecular complexity index is 549. The number of likely N-dealkylation sites (N-methyl/N-ethyl adjacent to an activating group) is 1. The number of carbonyl (C=O) groups is 2. The van der Waals surface area contributed by atoms with Crippen LogP contribution in [0.1, 0.15) is 37.3 Å². The Morgan fingerprint density at radius 3 is 2.35 bits per heavy atom. The minimum atomic E-state index is -1.14. The Morgan fingerprint density at radius 1 is 1.40 bits per heavy atom.